The van der Waals surface area contributed by atoms with Gasteiger partial charge in [0.2, 0.25) is 0 Å². The fourth-order valence-corrected chi connectivity index (χ4v) is 5.36. The maximum absolute atomic E-state index is 13.1. The Morgan fingerprint density at radius 1 is 1.32 bits per heavy atom. The van der Waals surface area contributed by atoms with E-state index in [0.29, 0.717) is 5.25 Å². The van der Waals surface area contributed by atoms with Crippen LogP contribution in [0.25, 0.3) is 0 Å². The standard InChI is InChI=1S/C17H21F2NO3S2/c1-11(17(22)20-12-6-7-14(18)15(19)10-12)23-16(21)5-3-2-4-13-8-9-24-25-13/h6-7,10-11,13H,2-5,8-9H2,1H3,(H,20,22)/t11-,13+/m0/s1. The van der Waals surface area contributed by atoms with E-state index in [1.165, 1.54) is 25.2 Å². The van der Waals surface area contributed by atoms with E-state index in [0.717, 1.165) is 31.4 Å². The minimum absolute atomic E-state index is 0.110. The zero-order valence-corrected chi connectivity index (χ0v) is 15.6. The predicted octanol–water partition coefficient (Wildman–Crippen LogP) is 4.55. The largest absolute Gasteiger partial charge is 0.453 e. The smallest absolute Gasteiger partial charge is 0.306 e. The van der Waals surface area contributed by atoms with Gasteiger partial charge in [0, 0.05) is 29.2 Å². The van der Waals surface area contributed by atoms with Crippen LogP contribution in [0, 0.1) is 11.6 Å². The van der Waals surface area contributed by atoms with Crippen molar-refractivity contribution in [3.05, 3.63) is 29.8 Å². The average Bonchev–Trinajstić information content (AvgIpc) is 3.08. The van der Waals surface area contributed by atoms with Crippen LogP contribution >= 0.6 is 21.6 Å². The van der Waals surface area contributed by atoms with Crippen molar-refractivity contribution in [2.24, 2.45) is 0 Å². The van der Waals surface area contributed by atoms with Gasteiger partial charge >= 0.3 is 5.97 Å². The van der Waals surface area contributed by atoms with Gasteiger partial charge in [0.1, 0.15) is 0 Å². The molecule has 0 unspecified atom stereocenters. The number of hydrogen-bond donors (Lipinski definition) is 1. The molecule has 1 aromatic rings. The van der Waals surface area contributed by atoms with Crippen LogP contribution in [-0.4, -0.2) is 29.0 Å². The highest BCUT2D eigenvalue weighted by molar-refractivity contribution is 8.77. The number of carbonyl (C=O) groups is 2. The molecule has 25 heavy (non-hydrogen) atoms. The fourth-order valence-electron chi connectivity index (χ4n) is 2.33. The van der Waals surface area contributed by atoms with Crippen molar-refractivity contribution in [2.75, 3.05) is 11.1 Å². The van der Waals surface area contributed by atoms with Crippen molar-refractivity contribution in [2.45, 2.75) is 50.4 Å². The van der Waals surface area contributed by atoms with Crippen molar-refractivity contribution >= 4 is 39.2 Å². The molecule has 2 rings (SSSR count). The molecule has 1 aromatic carbocycles. The molecule has 2 atom stereocenters. The van der Waals surface area contributed by atoms with E-state index in [4.69, 9.17) is 4.74 Å². The van der Waals surface area contributed by atoms with Gasteiger partial charge in [0.15, 0.2) is 17.7 Å². The molecule has 1 amide bonds. The Hall–Kier alpha value is -1.28. The van der Waals surface area contributed by atoms with Crippen molar-refractivity contribution in [1.29, 1.82) is 0 Å². The molecule has 0 saturated carbocycles. The number of benzene rings is 1. The third-order valence-corrected chi connectivity index (χ3v) is 6.76. The van der Waals surface area contributed by atoms with Crippen LogP contribution in [0.3, 0.4) is 0 Å². The number of nitrogens with one attached hydrogen (secondary N) is 1. The second kappa shape index (κ2) is 10.0. The van der Waals surface area contributed by atoms with Crippen LogP contribution in [0.2, 0.25) is 0 Å². The molecule has 0 aliphatic carbocycles. The number of amides is 1. The quantitative estimate of drug-likeness (QED) is 0.402. The summed E-state index contributed by atoms with van der Waals surface area (Å²) in [7, 11) is 3.81. The minimum Gasteiger partial charge on any atom is -0.453 e. The SMILES string of the molecule is C[C@H](OC(=O)CCCC[C@@H]1CCSS1)C(=O)Nc1ccc(F)c(F)c1. The van der Waals surface area contributed by atoms with Gasteiger partial charge in [-0.15, -0.1) is 0 Å². The Morgan fingerprint density at radius 3 is 2.80 bits per heavy atom. The molecule has 0 aromatic heterocycles. The van der Waals surface area contributed by atoms with Gasteiger partial charge < -0.3 is 10.1 Å². The van der Waals surface area contributed by atoms with Crippen molar-refractivity contribution < 1.29 is 23.1 Å². The van der Waals surface area contributed by atoms with Crippen LogP contribution in [0.4, 0.5) is 14.5 Å². The van der Waals surface area contributed by atoms with Gasteiger partial charge in [0.05, 0.1) is 0 Å². The molecule has 4 nitrogen and oxygen atoms in total. The van der Waals surface area contributed by atoms with E-state index in [9.17, 15) is 18.4 Å². The zero-order chi connectivity index (χ0) is 18.2. The van der Waals surface area contributed by atoms with E-state index in [-0.39, 0.29) is 12.1 Å². The molecular formula is C17H21F2NO3S2. The van der Waals surface area contributed by atoms with E-state index in [1.807, 2.05) is 21.6 Å². The number of anilines is 1. The van der Waals surface area contributed by atoms with Crippen LogP contribution in [0.5, 0.6) is 0 Å². The zero-order valence-electron chi connectivity index (χ0n) is 13.9. The molecule has 8 heteroatoms. The third-order valence-electron chi connectivity index (χ3n) is 3.75. The maximum atomic E-state index is 13.1. The van der Waals surface area contributed by atoms with Crippen molar-refractivity contribution in [3.8, 4) is 0 Å². The summed E-state index contributed by atoms with van der Waals surface area (Å²) >= 11 is 0. The van der Waals surface area contributed by atoms with Crippen molar-refractivity contribution in [3.63, 3.8) is 0 Å². The van der Waals surface area contributed by atoms with Gasteiger partial charge in [-0.1, -0.05) is 28.0 Å². The molecule has 0 bridgehead atoms. The number of esters is 1. The Kier molecular flexibility index (Phi) is 8.02. The summed E-state index contributed by atoms with van der Waals surface area (Å²) in [5.74, 6) is -1.87. The maximum Gasteiger partial charge on any atom is 0.306 e. The molecule has 0 spiro atoms. The van der Waals surface area contributed by atoms with Gasteiger partial charge in [-0.3, -0.25) is 9.59 Å². The monoisotopic (exact) mass is 389 g/mol. The molecule has 138 valence electrons. The van der Waals surface area contributed by atoms with Gasteiger partial charge in [-0.2, -0.15) is 0 Å². The van der Waals surface area contributed by atoms with E-state index >= 15 is 0 Å². The number of hydrogen-bond acceptors (Lipinski definition) is 5. The topological polar surface area (TPSA) is 55.4 Å². The second-order valence-electron chi connectivity index (χ2n) is 5.82. The molecule has 1 aliphatic rings. The summed E-state index contributed by atoms with van der Waals surface area (Å²) in [5, 5.41) is 3.07. The summed E-state index contributed by atoms with van der Waals surface area (Å²) < 4.78 is 31.0. The molecule has 1 fully saturated rings. The van der Waals surface area contributed by atoms with E-state index < -0.39 is 29.6 Å². The molecule has 1 aliphatic heterocycles. The highest BCUT2D eigenvalue weighted by atomic mass is 33.1. The lowest BCUT2D eigenvalue weighted by Crippen LogP contribution is -2.30. The molecule has 1 heterocycles. The first-order valence-corrected chi connectivity index (χ1v) is 10.6. The summed E-state index contributed by atoms with van der Waals surface area (Å²) in [4.78, 5) is 23.7. The van der Waals surface area contributed by atoms with Gasteiger partial charge in [-0.25, -0.2) is 8.78 Å². The second-order valence-corrected chi connectivity index (χ2v) is 8.61. The van der Waals surface area contributed by atoms with Crippen LogP contribution in [0.1, 0.15) is 39.0 Å². The molecule has 1 saturated heterocycles. The highest BCUT2D eigenvalue weighted by Crippen LogP contribution is 2.39. The van der Waals surface area contributed by atoms with Crippen LogP contribution in [0.15, 0.2) is 18.2 Å². The van der Waals surface area contributed by atoms with Crippen molar-refractivity contribution in [1.82, 2.24) is 0 Å². The normalized spacial score (nSPS) is 18.0. The Labute approximate surface area is 153 Å². The Morgan fingerprint density at radius 2 is 2.12 bits per heavy atom. The third kappa shape index (κ3) is 6.86. The Bertz CT molecular complexity index is 610. The number of ether oxygens (including phenoxy) is 1. The number of unbranched alkanes of at least 4 members (excludes halogenated alkanes) is 1. The first-order valence-electron chi connectivity index (χ1n) is 8.19. The molecular weight excluding hydrogens is 368 g/mol. The lowest BCUT2D eigenvalue weighted by atomic mass is 10.1. The minimum atomic E-state index is -1.05. The number of rotatable bonds is 8. The van der Waals surface area contributed by atoms with Gasteiger partial charge in [-0.05, 0) is 38.3 Å². The number of carbonyl (C=O) groups excluding carboxylic acids is 2. The summed E-state index contributed by atoms with van der Waals surface area (Å²) in [5.41, 5.74) is 0.110. The van der Waals surface area contributed by atoms with Crippen LogP contribution < -0.4 is 5.32 Å². The highest BCUT2D eigenvalue weighted by Gasteiger charge is 2.19. The predicted molar refractivity (Wildman–Crippen MR) is 97.5 cm³/mol. The fraction of sp³-hybridized carbons (Fsp3) is 0.529. The molecule has 0 radical (unpaired) electrons. The summed E-state index contributed by atoms with van der Waals surface area (Å²) in [6.45, 7) is 1.44. The average molecular weight is 389 g/mol. The first kappa shape index (κ1) is 20.0. The number of halogens is 2. The lowest BCUT2D eigenvalue weighted by molar-refractivity contribution is -0.153. The summed E-state index contributed by atoms with van der Waals surface area (Å²) in [6, 6.07) is 3.04. The lowest BCUT2D eigenvalue weighted by Gasteiger charge is -2.14. The first-order chi connectivity index (χ1) is 12.0. The van der Waals surface area contributed by atoms with Crippen LogP contribution in [-0.2, 0) is 14.3 Å². The summed E-state index contributed by atoms with van der Waals surface area (Å²) in [6.07, 6.45) is 3.29. The van der Waals surface area contributed by atoms with Gasteiger partial charge in [0.25, 0.3) is 5.91 Å². The van der Waals surface area contributed by atoms with E-state index in [1.54, 1.807) is 0 Å². The van der Waals surface area contributed by atoms with E-state index in [2.05, 4.69) is 5.32 Å². The Balaban J connectivity index is 1.66. The molecule has 1 N–H and O–H groups in total.